The Hall–Kier alpha value is -2.43. The number of benzene rings is 2. The third-order valence-corrected chi connectivity index (χ3v) is 14.8. The molecule has 3 aromatic rings. The fourth-order valence-corrected chi connectivity index (χ4v) is 8.71. The van der Waals surface area contributed by atoms with Crippen molar-refractivity contribution in [1.29, 1.82) is 0 Å². The molecule has 2 aliphatic rings. The summed E-state index contributed by atoms with van der Waals surface area (Å²) in [6.07, 6.45) is -0.384. The van der Waals surface area contributed by atoms with Crippen LogP contribution in [0.25, 0.3) is 21.7 Å². The first-order valence-electron chi connectivity index (χ1n) is 13.2. The second kappa shape index (κ2) is 8.54. The number of hydrogen-bond donors (Lipinski definition) is 0. The predicted molar refractivity (Wildman–Crippen MR) is 152 cm³/mol. The maximum atomic E-state index is 14.4. The predicted octanol–water partition coefficient (Wildman–Crippen LogP) is 6.19. The lowest BCUT2D eigenvalue weighted by Crippen LogP contribution is -2.50. The molecule has 3 atom stereocenters. The Kier molecular flexibility index (Phi) is 6.05. The van der Waals surface area contributed by atoms with Gasteiger partial charge in [-0.25, -0.2) is 0 Å². The van der Waals surface area contributed by atoms with Crippen molar-refractivity contribution >= 4 is 49.3 Å². The van der Waals surface area contributed by atoms with E-state index in [1.54, 1.807) is 0 Å². The van der Waals surface area contributed by atoms with Gasteiger partial charge in [-0.1, -0.05) is 64.7 Å². The van der Waals surface area contributed by atoms with Crippen molar-refractivity contribution in [1.82, 2.24) is 0 Å². The third kappa shape index (κ3) is 4.27. The molecule has 8 heteroatoms. The van der Waals surface area contributed by atoms with Crippen LogP contribution in [0.1, 0.15) is 51.5 Å². The summed E-state index contributed by atoms with van der Waals surface area (Å²) in [7, 11) is -4.15. The van der Waals surface area contributed by atoms with E-state index in [9.17, 15) is 9.59 Å². The van der Waals surface area contributed by atoms with E-state index < -0.39 is 28.6 Å². The van der Waals surface area contributed by atoms with E-state index in [-0.39, 0.29) is 29.0 Å². The van der Waals surface area contributed by atoms with Crippen LogP contribution < -0.4 is 15.4 Å². The van der Waals surface area contributed by atoms with E-state index in [4.69, 9.17) is 18.3 Å². The Bertz CT molecular complexity index is 1470. The third-order valence-electron chi connectivity index (χ3n) is 8.16. The van der Waals surface area contributed by atoms with Gasteiger partial charge in [0.15, 0.2) is 26.0 Å². The largest absolute Gasteiger partial charge is 0.484 e. The molecule has 5 rings (SSSR count). The number of ether oxygens (including phenoxy) is 2. The average Bonchev–Trinajstić information content (AvgIpc) is 3.28. The molecule has 3 heterocycles. The highest BCUT2D eigenvalue weighted by molar-refractivity contribution is 6.89. The molecule has 0 bridgehead atoms. The van der Waals surface area contributed by atoms with Gasteiger partial charge in [-0.2, -0.15) is 0 Å². The van der Waals surface area contributed by atoms with Crippen molar-refractivity contribution in [3.05, 3.63) is 45.8 Å². The van der Waals surface area contributed by atoms with Gasteiger partial charge in [-0.15, -0.1) is 0 Å². The number of carbonyl (C=O) groups excluding carboxylic acids is 1. The molecule has 37 heavy (non-hydrogen) atoms. The molecule has 0 N–H and O–H groups in total. The molecule has 2 aliphatic heterocycles. The minimum Gasteiger partial charge on any atom is -0.484 e. The van der Waals surface area contributed by atoms with Crippen molar-refractivity contribution in [2.24, 2.45) is 0 Å². The summed E-state index contributed by atoms with van der Waals surface area (Å²) < 4.78 is 25.4. The second-order valence-corrected chi connectivity index (χ2v) is 22.9. The molecule has 1 aromatic heterocycles. The lowest BCUT2D eigenvalue weighted by molar-refractivity contribution is -0.141. The van der Waals surface area contributed by atoms with Gasteiger partial charge < -0.3 is 18.3 Å². The van der Waals surface area contributed by atoms with Crippen LogP contribution in [0.5, 0.6) is 5.75 Å². The molecular weight excluding hydrogens is 500 g/mol. The Morgan fingerprint density at radius 1 is 1.03 bits per heavy atom. The standard InChI is InChI=1S/C29H38O6Si2/c1-16(35-37(8,9)29(2,3)4)14-20-28(36(5,6)7)24(31)22-23-26(32-19-15-21(30)34-27(19)23)18-13-11-10-12-17(18)25(22)33-20/h10-13,16,19,27H,14-15H2,1-9H3/t16?,19-,27+/m1/s1. The molecule has 198 valence electrons. The van der Waals surface area contributed by atoms with Gasteiger partial charge in [-0.3, -0.25) is 9.59 Å². The highest BCUT2D eigenvalue weighted by Crippen LogP contribution is 2.51. The van der Waals surface area contributed by atoms with E-state index in [0.717, 1.165) is 16.0 Å². The fourth-order valence-electron chi connectivity index (χ4n) is 5.47. The normalized spacial score (nSPS) is 20.6. The lowest BCUT2D eigenvalue weighted by Gasteiger charge is -2.38. The Labute approximate surface area is 220 Å². The molecule has 6 nitrogen and oxygen atoms in total. The highest BCUT2D eigenvalue weighted by Gasteiger charge is 2.47. The van der Waals surface area contributed by atoms with Gasteiger partial charge in [-0.05, 0) is 25.1 Å². The first-order chi connectivity index (χ1) is 17.1. The average molecular weight is 539 g/mol. The quantitative estimate of drug-likeness (QED) is 0.219. The summed E-state index contributed by atoms with van der Waals surface area (Å²) in [6, 6.07) is 7.84. The monoisotopic (exact) mass is 538 g/mol. The molecule has 1 saturated heterocycles. The number of hydrogen-bond acceptors (Lipinski definition) is 6. The summed E-state index contributed by atoms with van der Waals surface area (Å²) in [5.74, 6) is 1.05. The maximum absolute atomic E-state index is 14.4. The molecule has 2 aromatic carbocycles. The van der Waals surface area contributed by atoms with E-state index in [2.05, 4.69) is 60.4 Å². The zero-order valence-corrected chi connectivity index (χ0v) is 25.4. The minimum atomic E-state index is -2.15. The molecule has 0 spiro atoms. The van der Waals surface area contributed by atoms with Crippen LogP contribution in [0.2, 0.25) is 37.8 Å². The van der Waals surface area contributed by atoms with Gasteiger partial charge in [0, 0.05) is 28.5 Å². The first-order valence-corrected chi connectivity index (χ1v) is 19.6. The van der Waals surface area contributed by atoms with Crippen LogP contribution in [0.3, 0.4) is 0 Å². The summed E-state index contributed by atoms with van der Waals surface area (Å²) >= 11 is 0. The number of carbonyl (C=O) groups is 1. The number of esters is 1. The van der Waals surface area contributed by atoms with E-state index >= 15 is 0 Å². The lowest BCUT2D eigenvalue weighted by atomic mass is 9.96. The summed E-state index contributed by atoms with van der Waals surface area (Å²) in [4.78, 5) is 26.6. The van der Waals surface area contributed by atoms with Crippen molar-refractivity contribution in [2.45, 2.75) is 96.6 Å². The zero-order chi connectivity index (χ0) is 27.1. The van der Waals surface area contributed by atoms with Gasteiger partial charge in [0.2, 0.25) is 0 Å². The van der Waals surface area contributed by atoms with Crippen molar-refractivity contribution in [3.8, 4) is 5.75 Å². The smallest absolute Gasteiger partial charge is 0.310 e. The fraction of sp³-hybridized carbons (Fsp3) is 0.517. The molecular formula is C29H38O6Si2. The second-order valence-electron chi connectivity index (χ2n) is 13.1. The van der Waals surface area contributed by atoms with E-state index in [1.165, 1.54) is 0 Å². The molecule has 1 unspecified atom stereocenters. The molecule has 0 radical (unpaired) electrons. The van der Waals surface area contributed by atoms with Crippen LogP contribution in [0.4, 0.5) is 0 Å². The van der Waals surface area contributed by atoms with Gasteiger partial charge in [0.05, 0.1) is 25.4 Å². The summed E-state index contributed by atoms with van der Waals surface area (Å²) in [5, 5.41) is 3.06. The Morgan fingerprint density at radius 3 is 2.30 bits per heavy atom. The van der Waals surface area contributed by atoms with Crippen LogP contribution in [-0.2, 0) is 20.4 Å². The van der Waals surface area contributed by atoms with Gasteiger partial charge >= 0.3 is 5.97 Å². The summed E-state index contributed by atoms with van der Waals surface area (Å²) in [6.45, 7) is 19.8. The topological polar surface area (TPSA) is 75.0 Å². The van der Waals surface area contributed by atoms with Crippen LogP contribution in [0.15, 0.2) is 33.5 Å². The summed E-state index contributed by atoms with van der Waals surface area (Å²) in [5.41, 5.74) is 1.18. The van der Waals surface area contributed by atoms with Crippen LogP contribution in [0, 0.1) is 0 Å². The van der Waals surface area contributed by atoms with E-state index in [1.807, 2.05) is 24.3 Å². The van der Waals surface area contributed by atoms with E-state index in [0.29, 0.717) is 34.5 Å². The number of rotatable bonds is 5. The van der Waals surface area contributed by atoms with Crippen molar-refractivity contribution in [3.63, 3.8) is 0 Å². The Balaban J connectivity index is 1.75. The van der Waals surface area contributed by atoms with Crippen molar-refractivity contribution in [2.75, 3.05) is 0 Å². The van der Waals surface area contributed by atoms with Crippen LogP contribution >= 0.6 is 0 Å². The molecule has 1 fully saturated rings. The molecule has 0 aliphatic carbocycles. The highest BCUT2D eigenvalue weighted by atomic mass is 28.4. The number of fused-ring (bicyclic) bond motifs is 8. The maximum Gasteiger partial charge on any atom is 0.310 e. The zero-order valence-electron chi connectivity index (χ0n) is 23.4. The molecule has 0 saturated carbocycles. The van der Waals surface area contributed by atoms with Gasteiger partial charge in [0.25, 0.3) is 0 Å². The van der Waals surface area contributed by atoms with Crippen molar-refractivity contribution < 1.29 is 23.1 Å². The Morgan fingerprint density at radius 2 is 1.68 bits per heavy atom. The minimum absolute atomic E-state index is 0.0239. The van der Waals surface area contributed by atoms with Gasteiger partial charge in [0.1, 0.15) is 17.1 Å². The van der Waals surface area contributed by atoms with Crippen LogP contribution in [-0.4, -0.2) is 34.6 Å². The molecule has 0 amide bonds. The SMILES string of the molecule is CC(Cc1oc2c(c3c(c4ccccc42)O[C@@H]2CC(=O)O[C@H]32)c(=O)c1[Si](C)(C)C)O[Si](C)(C)C(C)(C)C. The first kappa shape index (κ1) is 26.2.